The molecule has 0 aromatic heterocycles. The summed E-state index contributed by atoms with van der Waals surface area (Å²) in [5, 5.41) is 10.7. The lowest BCUT2D eigenvalue weighted by atomic mass is 9.69. The van der Waals surface area contributed by atoms with Gasteiger partial charge in [0, 0.05) is 0 Å². The van der Waals surface area contributed by atoms with E-state index < -0.39 is 10.8 Å². The Labute approximate surface area is 370 Å². The summed E-state index contributed by atoms with van der Waals surface area (Å²) in [5.74, 6) is 0. The third-order valence-corrected chi connectivity index (χ3v) is 16.0. The molecule has 64 heavy (non-hydrogen) atoms. The molecule has 12 aromatic rings. The molecule has 2 spiro atoms. The summed E-state index contributed by atoms with van der Waals surface area (Å²) in [7, 11) is 0. The average Bonchev–Trinajstić information content (AvgIpc) is 4.04. The molecule has 0 heterocycles. The molecule has 0 heteroatoms. The van der Waals surface area contributed by atoms with Gasteiger partial charge in [-0.25, -0.2) is 0 Å². The highest BCUT2D eigenvalue weighted by molar-refractivity contribution is 6.36. The molecule has 4 aliphatic rings. The fourth-order valence-electron chi connectivity index (χ4n) is 13.8. The van der Waals surface area contributed by atoms with E-state index in [1.165, 1.54) is 143 Å². The van der Waals surface area contributed by atoms with Crippen molar-refractivity contribution < 1.29 is 0 Å². The van der Waals surface area contributed by atoms with Gasteiger partial charge >= 0.3 is 0 Å². The normalized spacial score (nSPS) is 16.3. The van der Waals surface area contributed by atoms with Crippen LogP contribution in [0.5, 0.6) is 0 Å². The van der Waals surface area contributed by atoms with Crippen LogP contribution in [0, 0.1) is 0 Å². The van der Waals surface area contributed by atoms with Crippen molar-refractivity contribution >= 4 is 43.1 Å². The van der Waals surface area contributed by atoms with Gasteiger partial charge in [-0.05, 0) is 161 Å². The fraction of sp³-hybridized carbons (Fsp3) is 0.0312. The molecule has 1 atom stereocenters. The molecule has 0 aliphatic heterocycles. The van der Waals surface area contributed by atoms with Gasteiger partial charge in [-0.15, -0.1) is 0 Å². The Morgan fingerprint density at radius 2 is 0.578 bits per heavy atom. The van der Waals surface area contributed by atoms with Crippen LogP contribution < -0.4 is 0 Å². The first kappa shape index (κ1) is 33.6. The fourth-order valence-corrected chi connectivity index (χ4v) is 13.8. The van der Waals surface area contributed by atoms with Crippen molar-refractivity contribution in [3.05, 3.63) is 263 Å². The van der Waals surface area contributed by atoms with Gasteiger partial charge in [-0.3, -0.25) is 0 Å². The van der Waals surface area contributed by atoms with Crippen LogP contribution in [0.4, 0.5) is 0 Å². The highest BCUT2D eigenvalue weighted by atomic mass is 14.5. The first-order valence-electron chi connectivity index (χ1n) is 22.7. The van der Waals surface area contributed by atoms with Crippen molar-refractivity contribution in [1.29, 1.82) is 0 Å². The van der Waals surface area contributed by atoms with Gasteiger partial charge in [0.1, 0.15) is 0 Å². The van der Waals surface area contributed by atoms with E-state index >= 15 is 0 Å². The SMILES string of the molecule is c1ccc(-c2ccc3c(c2)C2(c4ccccc4-3)c3ccccc3-c3c2cc2c4cccc5c6c(cc(c7cccc3c72)c54)C2(c3ccccc3-c3ccccc32)c2ccccc2-6)cc1. The summed E-state index contributed by atoms with van der Waals surface area (Å²) in [5.41, 5.74) is 23.4. The predicted octanol–water partition coefficient (Wildman–Crippen LogP) is 16.1. The van der Waals surface area contributed by atoms with Crippen molar-refractivity contribution in [2.45, 2.75) is 10.8 Å². The molecule has 0 saturated heterocycles. The topological polar surface area (TPSA) is 0 Å². The minimum absolute atomic E-state index is 0.418. The van der Waals surface area contributed by atoms with Crippen molar-refractivity contribution in [2.75, 3.05) is 0 Å². The zero-order valence-corrected chi connectivity index (χ0v) is 34.8. The highest BCUT2D eigenvalue weighted by Crippen LogP contribution is 2.67. The van der Waals surface area contributed by atoms with Gasteiger partial charge in [0.25, 0.3) is 0 Å². The number of fused-ring (bicyclic) bond motifs is 24. The van der Waals surface area contributed by atoms with Crippen LogP contribution in [0.3, 0.4) is 0 Å². The second kappa shape index (κ2) is 11.5. The van der Waals surface area contributed by atoms with Gasteiger partial charge in [-0.2, -0.15) is 0 Å². The summed E-state index contributed by atoms with van der Waals surface area (Å²) in [6, 6.07) is 83.8. The Balaban J connectivity index is 1.07. The van der Waals surface area contributed by atoms with Gasteiger partial charge < -0.3 is 0 Å². The summed E-state index contributed by atoms with van der Waals surface area (Å²) in [6.07, 6.45) is 0. The zero-order chi connectivity index (χ0) is 41.5. The van der Waals surface area contributed by atoms with E-state index in [1.54, 1.807) is 0 Å². The lowest BCUT2D eigenvalue weighted by Crippen LogP contribution is -2.26. The van der Waals surface area contributed by atoms with E-state index in [-0.39, 0.29) is 0 Å². The molecule has 0 saturated carbocycles. The van der Waals surface area contributed by atoms with Gasteiger partial charge in [0.15, 0.2) is 0 Å². The quantitative estimate of drug-likeness (QED) is 0.115. The van der Waals surface area contributed by atoms with Gasteiger partial charge in [-0.1, -0.05) is 200 Å². The van der Waals surface area contributed by atoms with E-state index in [2.05, 4.69) is 218 Å². The third kappa shape index (κ3) is 3.63. The van der Waals surface area contributed by atoms with Gasteiger partial charge in [0.05, 0.1) is 10.8 Å². The highest BCUT2D eigenvalue weighted by Gasteiger charge is 2.54. The number of hydrogen-bond donors (Lipinski definition) is 0. The molecule has 0 radical (unpaired) electrons. The third-order valence-electron chi connectivity index (χ3n) is 16.0. The Hall–Kier alpha value is -8.06. The van der Waals surface area contributed by atoms with Crippen LogP contribution >= 0.6 is 0 Å². The molecule has 0 N–H and O–H groups in total. The average molecular weight is 805 g/mol. The monoisotopic (exact) mass is 804 g/mol. The summed E-state index contributed by atoms with van der Waals surface area (Å²) < 4.78 is 0. The van der Waals surface area contributed by atoms with E-state index in [4.69, 9.17) is 0 Å². The van der Waals surface area contributed by atoms with Crippen molar-refractivity contribution in [1.82, 2.24) is 0 Å². The second-order valence-electron chi connectivity index (χ2n) is 18.5. The number of benzene rings is 12. The van der Waals surface area contributed by atoms with E-state index in [0.717, 1.165) is 0 Å². The van der Waals surface area contributed by atoms with Crippen molar-refractivity contribution in [2.24, 2.45) is 0 Å². The molecule has 16 rings (SSSR count). The zero-order valence-electron chi connectivity index (χ0n) is 34.8. The maximum Gasteiger partial charge on any atom is 0.0726 e. The van der Waals surface area contributed by atoms with E-state index in [9.17, 15) is 0 Å². The largest absolute Gasteiger partial charge is 0.0726 e. The van der Waals surface area contributed by atoms with Crippen LogP contribution in [-0.4, -0.2) is 0 Å². The van der Waals surface area contributed by atoms with Crippen LogP contribution in [0.25, 0.3) is 98.7 Å². The minimum Gasteiger partial charge on any atom is -0.0622 e. The molecule has 0 fully saturated rings. The van der Waals surface area contributed by atoms with Crippen molar-refractivity contribution in [3.63, 3.8) is 0 Å². The molecular weight excluding hydrogens is 769 g/mol. The maximum absolute atomic E-state index is 2.63. The molecule has 292 valence electrons. The standard InChI is InChI=1S/C64H36/c1-2-16-37(17-3-1)38-32-33-42-41-20-6-11-29-53(41)64(56(42)34-38)55-31-13-8-22-46(55)62-48-26-15-23-43-49-35-57-61(47-25-14-24-44(59(47)49)50(60(43)48)36-58(62)64)45-21-7-12-30-54(45)63(57)51-27-9-4-18-39(51)40-19-5-10-28-52(40)63/h1-36H. The molecule has 4 aliphatic carbocycles. The summed E-state index contributed by atoms with van der Waals surface area (Å²) >= 11 is 0. The lowest BCUT2D eigenvalue weighted by molar-refractivity contribution is 0.795. The molecule has 0 amide bonds. The Bertz CT molecular complexity index is 4030. The second-order valence-corrected chi connectivity index (χ2v) is 18.5. The van der Waals surface area contributed by atoms with Crippen molar-refractivity contribution in [3.8, 4) is 55.6 Å². The Morgan fingerprint density at radius 1 is 0.203 bits per heavy atom. The number of rotatable bonds is 1. The Kier molecular flexibility index (Phi) is 6.02. The molecule has 0 bridgehead atoms. The van der Waals surface area contributed by atoms with Crippen LogP contribution in [0.15, 0.2) is 218 Å². The smallest absolute Gasteiger partial charge is 0.0622 e. The van der Waals surface area contributed by atoms with Crippen LogP contribution in [-0.2, 0) is 10.8 Å². The van der Waals surface area contributed by atoms with E-state index in [1.807, 2.05) is 0 Å². The van der Waals surface area contributed by atoms with E-state index in [0.29, 0.717) is 0 Å². The molecule has 1 unspecified atom stereocenters. The molecule has 0 nitrogen and oxygen atoms in total. The Morgan fingerprint density at radius 3 is 1.06 bits per heavy atom. The van der Waals surface area contributed by atoms with Crippen LogP contribution in [0.2, 0.25) is 0 Å². The first-order chi connectivity index (χ1) is 31.8. The predicted molar refractivity (Wildman–Crippen MR) is 266 cm³/mol. The minimum atomic E-state index is -0.482. The first-order valence-corrected chi connectivity index (χ1v) is 22.7. The number of hydrogen-bond acceptors (Lipinski definition) is 0. The summed E-state index contributed by atoms with van der Waals surface area (Å²) in [4.78, 5) is 0. The molecular formula is C64H36. The molecule has 12 aromatic carbocycles. The lowest BCUT2D eigenvalue weighted by Gasteiger charge is -2.32. The van der Waals surface area contributed by atoms with Gasteiger partial charge in [0.2, 0.25) is 0 Å². The summed E-state index contributed by atoms with van der Waals surface area (Å²) in [6.45, 7) is 0. The maximum atomic E-state index is 2.63. The van der Waals surface area contributed by atoms with Crippen LogP contribution in [0.1, 0.15) is 44.5 Å².